The van der Waals surface area contributed by atoms with Gasteiger partial charge in [-0.25, -0.2) is 4.79 Å². The highest BCUT2D eigenvalue weighted by Gasteiger charge is 2.12. The molecule has 138 valence electrons. The molecule has 0 unspecified atom stereocenters. The third-order valence-corrected chi connectivity index (χ3v) is 4.82. The second-order valence-electron chi connectivity index (χ2n) is 6.31. The first kappa shape index (κ1) is 17.4. The number of amides is 1. The maximum atomic E-state index is 12.3. The van der Waals surface area contributed by atoms with E-state index in [1.807, 2.05) is 30.5 Å². The lowest BCUT2D eigenvalue weighted by Gasteiger charge is -2.07. The molecule has 0 spiro atoms. The number of halogens is 1. The molecule has 0 aliphatic carbocycles. The minimum Gasteiger partial charge on any atom is -0.408 e. The van der Waals surface area contributed by atoms with Crippen molar-refractivity contribution in [1.82, 2.24) is 9.13 Å². The van der Waals surface area contributed by atoms with E-state index in [2.05, 4.69) is 16.8 Å². The lowest BCUT2D eigenvalue weighted by atomic mass is 10.2. The van der Waals surface area contributed by atoms with Crippen molar-refractivity contribution in [3.8, 4) is 0 Å². The van der Waals surface area contributed by atoms with Crippen molar-refractivity contribution >= 4 is 45.2 Å². The third kappa shape index (κ3) is 3.36. The number of benzene rings is 2. The van der Waals surface area contributed by atoms with Crippen LogP contribution in [-0.4, -0.2) is 15.0 Å². The van der Waals surface area contributed by atoms with Crippen LogP contribution in [0, 0.1) is 0 Å². The second kappa shape index (κ2) is 6.96. The van der Waals surface area contributed by atoms with E-state index in [0.29, 0.717) is 16.1 Å². The van der Waals surface area contributed by atoms with Crippen LogP contribution in [0.2, 0.25) is 5.02 Å². The number of aromatic nitrogens is 2. The zero-order valence-electron chi connectivity index (χ0n) is 14.7. The average molecular weight is 384 g/mol. The Hall–Kier alpha value is -2.99. The predicted octanol–water partition coefficient (Wildman–Crippen LogP) is 4.25. The maximum absolute atomic E-state index is 12.3. The summed E-state index contributed by atoms with van der Waals surface area (Å²) in [5.41, 5.74) is 2.90. The molecule has 27 heavy (non-hydrogen) atoms. The Morgan fingerprint density at radius 3 is 2.78 bits per heavy atom. The monoisotopic (exact) mass is 383 g/mol. The molecular weight excluding hydrogens is 366 g/mol. The lowest BCUT2D eigenvalue weighted by Crippen LogP contribution is -2.19. The van der Waals surface area contributed by atoms with Gasteiger partial charge in [0.05, 0.1) is 5.52 Å². The number of anilines is 1. The molecule has 1 amide bonds. The van der Waals surface area contributed by atoms with Gasteiger partial charge in [0.25, 0.3) is 0 Å². The van der Waals surface area contributed by atoms with Crippen LogP contribution < -0.4 is 11.1 Å². The minimum absolute atomic E-state index is 0.158. The van der Waals surface area contributed by atoms with Crippen molar-refractivity contribution in [3.05, 3.63) is 64.2 Å². The molecule has 0 radical (unpaired) electrons. The van der Waals surface area contributed by atoms with Crippen molar-refractivity contribution in [2.45, 2.75) is 26.4 Å². The Labute approximate surface area is 159 Å². The standard InChI is InChI=1S/C20H18ClN3O3/c1-2-23-9-7-13-11-15(4-6-16(13)23)22-19(25)8-10-24-17-5-3-14(21)12-18(17)27-20(24)26/h3-7,9,11-12H,2,8,10H2,1H3,(H,22,25). The highest BCUT2D eigenvalue weighted by Crippen LogP contribution is 2.21. The molecule has 6 nitrogen and oxygen atoms in total. The second-order valence-corrected chi connectivity index (χ2v) is 6.74. The van der Waals surface area contributed by atoms with Crippen LogP contribution in [0.4, 0.5) is 5.69 Å². The van der Waals surface area contributed by atoms with Gasteiger partial charge in [-0.05, 0) is 43.3 Å². The zero-order chi connectivity index (χ0) is 19.0. The molecule has 4 aromatic rings. The fourth-order valence-electron chi connectivity index (χ4n) is 3.24. The summed E-state index contributed by atoms with van der Waals surface area (Å²) in [5, 5.41) is 4.45. The lowest BCUT2D eigenvalue weighted by molar-refractivity contribution is -0.116. The molecule has 1 N–H and O–H groups in total. The van der Waals surface area contributed by atoms with Crippen molar-refractivity contribution < 1.29 is 9.21 Å². The summed E-state index contributed by atoms with van der Waals surface area (Å²) in [7, 11) is 0. The van der Waals surface area contributed by atoms with Gasteiger partial charge in [0.15, 0.2) is 5.58 Å². The van der Waals surface area contributed by atoms with Crippen LogP contribution in [0.5, 0.6) is 0 Å². The van der Waals surface area contributed by atoms with E-state index in [1.54, 1.807) is 18.2 Å². The first-order valence-electron chi connectivity index (χ1n) is 8.73. The van der Waals surface area contributed by atoms with Crippen molar-refractivity contribution in [1.29, 1.82) is 0 Å². The van der Waals surface area contributed by atoms with Gasteiger partial charge in [-0.15, -0.1) is 0 Å². The van der Waals surface area contributed by atoms with E-state index < -0.39 is 5.76 Å². The normalized spacial score (nSPS) is 11.3. The van der Waals surface area contributed by atoms with Gasteiger partial charge >= 0.3 is 5.76 Å². The summed E-state index contributed by atoms with van der Waals surface area (Å²) in [5.74, 6) is -0.665. The van der Waals surface area contributed by atoms with Gasteiger partial charge in [-0.2, -0.15) is 0 Å². The quantitative estimate of drug-likeness (QED) is 0.560. The van der Waals surface area contributed by atoms with Crippen molar-refractivity contribution in [2.24, 2.45) is 0 Å². The Bertz CT molecular complexity index is 1200. The first-order valence-corrected chi connectivity index (χ1v) is 9.10. The van der Waals surface area contributed by atoms with E-state index in [1.165, 1.54) is 4.57 Å². The van der Waals surface area contributed by atoms with Gasteiger partial charge in [-0.1, -0.05) is 11.6 Å². The molecule has 0 fully saturated rings. The summed E-state index contributed by atoms with van der Waals surface area (Å²) in [4.78, 5) is 24.3. The van der Waals surface area contributed by atoms with Crippen LogP contribution in [-0.2, 0) is 17.9 Å². The number of rotatable bonds is 5. The van der Waals surface area contributed by atoms with Crippen LogP contribution in [0.25, 0.3) is 22.0 Å². The Morgan fingerprint density at radius 2 is 1.96 bits per heavy atom. The third-order valence-electron chi connectivity index (χ3n) is 4.59. The number of fused-ring (bicyclic) bond motifs is 2. The molecule has 0 saturated carbocycles. The summed E-state index contributed by atoms with van der Waals surface area (Å²) in [6.45, 7) is 3.21. The number of oxazole rings is 1. The maximum Gasteiger partial charge on any atom is 0.419 e. The van der Waals surface area contributed by atoms with Crippen LogP contribution in [0.3, 0.4) is 0 Å². The average Bonchev–Trinajstić information content (AvgIpc) is 3.19. The minimum atomic E-state index is -0.498. The van der Waals surface area contributed by atoms with E-state index in [4.69, 9.17) is 16.0 Å². The Balaban J connectivity index is 1.47. The highest BCUT2D eigenvalue weighted by atomic mass is 35.5. The smallest absolute Gasteiger partial charge is 0.408 e. The first-order chi connectivity index (χ1) is 13.0. The molecule has 7 heteroatoms. The van der Waals surface area contributed by atoms with Gasteiger partial charge in [0.2, 0.25) is 5.91 Å². The molecule has 0 aliphatic rings. The SMILES string of the molecule is CCn1ccc2cc(NC(=O)CCn3c(=O)oc4cc(Cl)ccc43)ccc21. The van der Waals surface area contributed by atoms with E-state index in [-0.39, 0.29) is 18.9 Å². The van der Waals surface area contributed by atoms with Gasteiger partial charge in [0, 0.05) is 53.4 Å². The number of hydrogen-bond acceptors (Lipinski definition) is 3. The highest BCUT2D eigenvalue weighted by molar-refractivity contribution is 6.31. The number of nitrogens with zero attached hydrogens (tertiary/aromatic N) is 2. The van der Waals surface area contributed by atoms with Gasteiger partial charge < -0.3 is 14.3 Å². The number of carbonyl (C=O) groups is 1. The van der Waals surface area contributed by atoms with E-state index in [0.717, 1.165) is 23.1 Å². The molecular formula is C20H18ClN3O3. The number of hydrogen-bond donors (Lipinski definition) is 1. The molecule has 2 heterocycles. The molecule has 0 atom stereocenters. The topological polar surface area (TPSA) is 69.2 Å². The molecule has 0 bridgehead atoms. The van der Waals surface area contributed by atoms with Crippen LogP contribution in [0.1, 0.15) is 13.3 Å². The molecule has 2 aromatic carbocycles. The zero-order valence-corrected chi connectivity index (χ0v) is 15.5. The number of carbonyl (C=O) groups excluding carboxylic acids is 1. The van der Waals surface area contributed by atoms with E-state index >= 15 is 0 Å². The Morgan fingerprint density at radius 1 is 1.15 bits per heavy atom. The van der Waals surface area contributed by atoms with E-state index in [9.17, 15) is 9.59 Å². The molecule has 0 aliphatic heterocycles. The van der Waals surface area contributed by atoms with Crippen LogP contribution >= 0.6 is 11.6 Å². The molecule has 0 saturated heterocycles. The van der Waals surface area contributed by atoms with Crippen molar-refractivity contribution in [3.63, 3.8) is 0 Å². The summed E-state index contributed by atoms with van der Waals surface area (Å²) in [6.07, 6.45) is 2.18. The van der Waals surface area contributed by atoms with Gasteiger partial charge in [0.1, 0.15) is 0 Å². The molecule has 2 aromatic heterocycles. The van der Waals surface area contributed by atoms with Crippen LogP contribution in [0.15, 0.2) is 57.9 Å². The summed E-state index contributed by atoms with van der Waals surface area (Å²) >= 11 is 5.91. The summed E-state index contributed by atoms with van der Waals surface area (Å²) < 4.78 is 8.76. The van der Waals surface area contributed by atoms with Gasteiger partial charge in [-0.3, -0.25) is 9.36 Å². The largest absolute Gasteiger partial charge is 0.419 e. The Kier molecular flexibility index (Phi) is 4.49. The number of nitrogens with one attached hydrogen (secondary N) is 1. The number of aryl methyl sites for hydroxylation is 2. The fourth-order valence-corrected chi connectivity index (χ4v) is 3.40. The predicted molar refractivity (Wildman–Crippen MR) is 106 cm³/mol. The fraction of sp³-hybridized carbons (Fsp3) is 0.200. The molecule has 4 rings (SSSR count). The summed E-state index contributed by atoms with van der Waals surface area (Å²) in [6, 6.07) is 12.8. The van der Waals surface area contributed by atoms with Crippen molar-refractivity contribution in [2.75, 3.05) is 5.32 Å².